The molecular formula is C18H14F3N3O. The van der Waals surface area contributed by atoms with Gasteiger partial charge < -0.3 is 9.47 Å². The monoisotopic (exact) mass is 345 g/mol. The number of carbonyl (C=O) groups excluding carboxylic acids is 1. The van der Waals surface area contributed by atoms with Gasteiger partial charge in [0.1, 0.15) is 24.1 Å². The van der Waals surface area contributed by atoms with Crippen molar-refractivity contribution in [3.8, 4) is 11.1 Å². The van der Waals surface area contributed by atoms with E-state index >= 15 is 0 Å². The molecule has 0 saturated carbocycles. The van der Waals surface area contributed by atoms with Crippen LogP contribution in [0, 0.1) is 11.6 Å². The Kier molecular flexibility index (Phi) is 3.71. The second kappa shape index (κ2) is 5.91. The molecule has 7 heteroatoms. The molecule has 4 nitrogen and oxygen atoms in total. The largest absolute Gasteiger partial charge is 0.335 e. The van der Waals surface area contributed by atoms with Gasteiger partial charge in [0, 0.05) is 18.0 Å². The normalized spacial score (nSPS) is 14.8. The highest BCUT2D eigenvalue weighted by atomic mass is 19.1. The van der Waals surface area contributed by atoms with Gasteiger partial charge in [0.05, 0.1) is 18.6 Å². The third-order valence-electron chi connectivity index (χ3n) is 4.33. The van der Waals surface area contributed by atoms with Crippen LogP contribution in [0.4, 0.5) is 13.2 Å². The first kappa shape index (κ1) is 15.7. The summed E-state index contributed by atoms with van der Waals surface area (Å²) < 4.78 is 41.9. The minimum atomic E-state index is -0.983. The number of benzene rings is 1. The van der Waals surface area contributed by atoms with Gasteiger partial charge >= 0.3 is 0 Å². The van der Waals surface area contributed by atoms with Crippen LogP contribution in [-0.2, 0) is 11.3 Å². The Balaban J connectivity index is 1.70. The SMILES string of the molecule is O=C(Cn1cc(F)c2ncc(-c3cccc(F)c3)cc21)N1CC(F)C1. The molecule has 1 amide bonds. The molecule has 3 aromatic rings. The summed E-state index contributed by atoms with van der Waals surface area (Å²) in [6.45, 7) is 0.0576. The van der Waals surface area contributed by atoms with Crippen LogP contribution in [0.5, 0.6) is 0 Å². The van der Waals surface area contributed by atoms with E-state index in [-0.39, 0.29) is 36.9 Å². The summed E-state index contributed by atoms with van der Waals surface area (Å²) >= 11 is 0. The van der Waals surface area contributed by atoms with Gasteiger partial charge in [-0.3, -0.25) is 9.78 Å². The standard InChI is InChI=1S/C18H14F3N3O/c19-13-3-1-2-11(4-13)12-5-16-18(22-6-12)15(21)9-23(16)10-17(25)24-7-14(20)8-24/h1-6,9,14H,7-8,10H2. The highest BCUT2D eigenvalue weighted by Crippen LogP contribution is 2.26. The Morgan fingerprint density at radius 2 is 2.00 bits per heavy atom. The zero-order valence-electron chi connectivity index (χ0n) is 13.1. The molecule has 1 aromatic carbocycles. The van der Waals surface area contributed by atoms with E-state index in [9.17, 15) is 18.0 Å². The molecule has 128 valence electrons. The highest BCUT2D eigenvalue weighted by Gasteiger charge is 2.30. The zero-order chi connectivity index (χ0) is 17.6. The number of hydrogen-bond acceptors (Lipinski definition) is 2. The van der Waals surface area contributed by atoms with Crippen molar-refractivity contribution in [3.05, 3.63) is 54.4 Å². The summed E-state index contributed by atoms with van der Waals surface area (Å²) in [6, 6.07) is 7.67. The number of pyridine rings is 1. The molecule has 0 N–H and O–H groups in total. The lowest BCUT2D eigenvalue weighted by Crippen LogP contribution is -2.52. The number of hydrogen-bond donors (Lipinski definition) is 0. The van der Waals surface area contributed by atoms with Crippen LogP contribution in [0.2, 0.25) is 0 Å². The van der Waals surface area contributed by atoms with E-state index in [1.165, 1.54) is 34.0 Å². The number of halogens is 3. The van der Waals surface area contributed by atoms with Crippen LogP contribution in [0.3, 0.4) is 0 Å². The molecule has 2 aromatic heterocycles. The maximum absolute atomic E-state index is 14.1. The molecule has 1 fully saturated rings. The maximum Gasteiger partial charge on any atom is 0.242 e. The van der Waals surface area contributed by atoms with Crippen LogP contribution in [-0.4, -0.2) is 39.6 Å². The molecule has 0 radical (unpaired) electrons. The number of nitrogens with zero attached hydrogens (tertiary/aromatic N) is 3. The molecule has 0 atom stereocenters. The van der Waals surface area contributed by atoms with Crippen LogP contribution < -0.4 is 0 Å². The summed E-state index contributed by atoms with van der Waals surface area (Å²) in [5.41, 5.74) is 1.80. The first-order valence-electron chi connectivity index (χ1n) is 7.83. The fraction of sp³-hybridized carbons (Fsp3) is 0.222. The third-order valence-corrected chi connectivity index (χ3v) is 4.33. The highest BCUT2D eigenvalue weighted by molar-refractivity contribution is 5.84. The molecule has 3 heterocycles. The number of likely N-dealkylation sites (tertiary alicyclic amines) is 1. The maximum atomic E-state index is 14.1. The summed E-state index contributed by atoms with van der Waals surface area (Å²) in [5, 5.41) is 0. The number of aromatic nitrogens is 2. The second-order valence-corrected chi connectivity index (χ2v) is 6.10. The van der Waals surface area contributed by atoms with Crippen LogP contribution in [0.25, 0.3) is 22.2 Å². The molecule has 0 aliphatic carbocycles. The van der Waals surface area contributed by atoms with Crippen molar-refractivity contribution in [2.24, 2.45) is 0 Å². The Hall–Kier alpha value is -2.83. The van der Waals surface area contributed by atoms with Crippen LogP contribution in [0.15, 0.2) is 42.7 Å². The fourth-order valence-corrected chi connectivity index (χ4v) is 2.95. The van der Waals surface area contributed by atoms with Gasteiger partial charge in [-0.2, -0.15) is 0 Å². The van der Waals surface area contributed by atoms with E-state index in [4.69, 9.17) is 0 Å². The van der Waals surface area contributed by atoms with E-state index in [0.717, 1.165) is 0 Å². The van der Waals surface area contributed by atoms with E-state index in [2.05, 4.69) is 4.98 Å². The lowest BCUT2D eigenvalue weighted by Gasteiger charge is -2.34. The third kappa shape index (κ3) is 2.86. The molecule has 0 spiro atoms. The number of amides is 1. The van der Waals surface area contributed by atoms with Crippen molar-refractivity contribution in [3.63, 3.8) is 0 Å². The molecule has 0 bridgehead atoms. The number of fused-ring (bicyclic) bond motifs is 1. The van der Waals surface area contributed by atoms with E-state index in [0.29, 0.717) is 16.6 Å². The van der Waals surface area contributed by atoms with Crippen molar-refractivity contribution >= 4 is 16.9 Å². The Morgan fingerprint density at radius 1 is 1.20 bits per heavy atom. The number of alkyl halides is 1. The fourth-order valence-electron chi connectivity index (χ4n) is 2.95. The van der Waals surface area contributed by atoms with Gasteiger partial charge in [-0.15, -0.1) is 0 Å². The lowest BCUT2D eigenvalue weighted by atomic mass is 10.1. The van der Waals surface area contributed by atoms with Crippen molar-refractivity contribution in [2.75, 3.05) is 13.1 Å². The topological polar surface area (TPSA) is 38.1 Å². The molecular weight excluding hydrogens is 331 g/mol. The average Bonchev–Trinajstić information content (AvgIpc) is 2.87. The molecule has 1 aliphatic rings. The summed E-state index contributed by atoms with van der Waals surface area (Å²) in [5.74, 6) is -1.20. The van der Waals surface area contributed by atoms with E-state index in [1.54, 1.807) is 18.2 Å². The molecule has 1 aliphatic heterocycles. The smallest absolute Gasteiger partial charge is 0.242 e. The molecule has 0 unspecified atom stereocenters. The minimum Gasteiger partial charge on any atom is -0.335 e. The van der Waals surface area contributed by atoms with Crippen molar-refractivity contribution in [1.82, 2.24) is 14.5 Å². The Bertz CT molecular complexity index is 963. The first-order valence-corrected chi connectivity index (χ1v) is 7.83. The van der Waals surface area contributed by atoms with Gasteiger partial charge in [-0.1, -0.05) is 12.1 Å². The van der Waals surface area contributed by atoms with Crippen molar-refractivity contribution < 1.29 is 18.0 Å². The zero-order valence-corrected chi connectivity index (χ0v) is 13.1. The van der Waals surface area contributed by atoms with Gasteiger partial charge in [-0.25, -0.2) is 13.2 Å². The Labute approximate surface area is 141 Å². The predicted molar refractivity (Wildman–Crippen MR) is 86.6 cm³/mol. The molecule has 25 heavy (non-hydrogen) atoms. The lowest BCUT2D eigenvalue weighted by molar-refractivity contribution is -0.138. The van der Waals surface area contributed by atoms with Crippen molar-refractivity contribution in [2.45, 2.75) is 12.7 Å². The second-order valence-electron chi connectivity index (χ2n) is 6.10. The minimum absolute atomic E-state index is 0.0767. The van der Waals surface area contributed by atoms with Gasteiger partial charge in [0.25, 0.3) is 0 Å². The van der Waals surface area contributed by atoms with E-state index < -0.39 is 12.0 Å². The summed E-state index contributed by atoms with van der Waals surface area (Å²) in [6.07, 6.45) is 1.69. The average molecular weight is 345 g/mol. The molecule has 4 rings (SSSR count). The predicted octanol–water partition coefficient (Wildman–Crippen LogP) is 3.16. The molecule has 1 saturated heterocycles. The Morgan fingerprint density at radius 3 is 2.72 bits per heavy atom. The van der Waals surface area contributed by atoms with Gasteiger partial charge in [-0.05, 0) is 23.8 Å². The quantitative estimate of drug-likeness (QED) is 0.731. The number of carbonyl (C=O) groups is 1. The summed E-state index contributed by atoms with van der Waals surface area (Å²) in [4.78, 5) is 17.6. The van der Waals surface area contributed by atoms with Crippen LogP contribution in [0.1, 0.15) is 0 Å². The van der Waals surface area contributed by atoms with Gasteiger partial charge in [0.15, 0.2) is 5.82 Å². The number of rotatable bonds is 3. The summed E-state index contributed by atoms with van der Waals surface area (Å²) in [7, 11) is 0. The van der Waals surface area contributed by atoms with Crippen molar-refractivity contribution in [1.29, 1.82) is 0 Å². The van der Waals surface area contributed by atoms with Crippen LogP contribution >= 0.6 is 0 Å². The van der Waals surface area contributed by atoms with Gasteiger partial charge in [0.2, 0.25) is 5.91 Å². The first-order chi connectivity index (χ1) is 12.0. The van der Waals surface area contributed by atoms with E-state index in [1.807, 2.05) is 0 Å².